The molecular weight excluding hydrogens is 334 g/mol. The van der Waals surface area contributed by atoms with E-state index in [4.69, 9.17) is 0 Å². The number of benzene rings is 1. The predicted molar refractivity (Wildman–Crippen MR) is 85.6 cm³/mol. The molecule has 3 nitrogen and oxygen atoms in total. The van der Waals surface area contributed by atoms with Crippen LogP contribution in [0, 0.1) is 5.82 Å². The normalized spacial score (nSPS) is 23.4. The van der Waals surface area contributed by atoms with Crippen LogP contribution in [0.25, 0.3) is 0 Å². The van der Waals surface area contributed by atoms with E-state index in [1.165, 1.54) is 18.2 Å². The lowest BCUT2D eigenvalue weighted by molar-refractivity contribution is -0.137. The molecule has 0 amide bonds. The van der Waals surface area contributed by atoms with Crippen LogP contribution in [0.4, 0.5) is 23.4 Å². The Morgan fingerprint density at radius 3 is 2.40 bits per heavy atom. The first-order chi connectivity index (χ1) is 11.9. The Balaban J connectivity index is 1.42. The van der Waals surface area contributed by atoms with E-state index in [1.54, 1.807) is 12.3 Å². The van der Waals surface area contributed by atoms with Crippen molar-refractivity contribution in [1.29, 1.82) is 0 Å². The summed E-state index contributed by atoms with van der Waals surface area (Å²) in [5.41, 5.74) is 0.229. The van der Waals surface area contributed by atoms with Gasteiger partial charge in [0.2, 0.25) is 0 Å². The molecule has 3 heterocycles. The molecule has 1 aromatic carbocycles. The zero-order valence-electron chi connectivity index (χ0n) is 13.4. The number of fused-ring (bicyclic) bond motifs is 2. The summed E-state index contributed by atoms with van der Waals surface area (Å²) in [6.07, 6.45) is -1.79. The van der Waals surface area contributed by atoms with E-state index < -0.39 is 11.7 Å². The maximum atomic E-state index is 13.9. The number of pyridine rings is 1. The minimum atomic E-state index is -4.31. The number of rotatable bonds is 3. The lowest BCUT2D eigenvalue weighted by Gasteiger charge is -2.35. The Hall–Kier alpha value is -2.15. The van der Waals surface area contributed by atoms with E-state index >= 15 is 0 Å². The third-order valence-corrected chi connectivity index (χ3v) is 5.03. The fourth-order valence-corrected chi connectivity index (χ4v) is 3.82. The summed E-state index contributed by atoms with van der Waals surface area (Å²) in [5.74, 6) is 0.0773. The molecule has 132 valence electrons. The molecule has 4 rings (SSSR count). The standard InChI is InChI=1S/C18H17F4N3/c19-16-2-1-7-23-17(16)25-11-14-8-15(25)10-24(14)9-12-3-5-13(6-4-12)18(20,21)22/h1-7,14-15H,8-11H2. The van der Waals surface area contributed by atoms with Crippen molar-refractivity contribution < 1.29 is 17.6 Å². The van der Waals surface area contributed by atoms with Gasteiger partial charge in [-0.05, 0) is 36.2 Å². The van der Waals surface area contributed by atoms with Gasteiger partial charge in [0.15, 0.2) is 11.6 Å². The lowest BCUT2D eigenvalue weighted by atomic mass is 10.1. The van der Waals surface area contributed by atoms with Crippen molar-refractivity contribution in [3.05, 3.63) is 59.5 Å². The van der Waals surface area contributed by atoms with Crippen LogP contribution in [0.5, 0.6) is 0 Å². The van der Waals surface area contributed by atoms with Crippen LogP contribution in [0.2, 0.25) is 0 Å². The van der Waals surface area contributed by atoms with Crippen LogP contribution in [0.3, 0.4) is 0 Å². The van der Waals surface area contributed by atoms with Gasteiger partial charge in [0.1, 0.15) is 0 Å². The van der Waals surface area contributed by atoms with Crippen molar-refractivity contribution in [2.75, 3.05) is 18.0 Å². The molecule has 1 aromatic heterocycles. The molecule has 25 heavy (non-hydrogen) atoms. The average Bonchev–Trinajstić information content (AvgIpc) is 3.15. The van der Waals surface area contributed by atoms with Crippen LogP contribution in [0.15, 0.2) is 42.6 Å². The minimum Gasteiger partial charge on any atom is -0.348 e. The van der Waals surface area contributed by atoms with Crippen molar-refractivity contribution >= 4 is 5.82 Å². The number of halogens is 4. The van der Waals surface area contributed by atoms with E-state index in [1.807, 2.05) is 4.90 Å². The maximum Gasteiger partial charge on any atom is 0.416 e. The number of hydrogen-bond acceptors (Lipinski definition) is 3. The summed E-state index contributed by atoms with van der Waals surface area (Å²) in [5, 5.41) is 0. The highest BCUT2D eigenvalue weighted by Crippen LogP contribution is 2.36. The highest BCUT2D eigenvalue weighted by atomic mass is 19.4. The molecule has 0 aliphatic carbocycles. The lowest BCUT2D eigenvalue weighted by Crippen LogP contribution is -2.46. The number of anilines is 1. The van der Waals surface area contributed by atoms with Crippen LogP contribution in [-0.2, 0) is 12.7 Å². The second kappa shape index (κ2) is 5.98. The number of nitrogens with zero attached hydrogens (tertiary/aromatic N) is 3. The van der Waals surface area contributed by atoms with Gasteiger partial charge in [-0.25, -0.2) is 9.37 Å². The van der Waals surface area contributed by atoms with Gasteiger partial charge in [-0.15, -0.1) is 0 Å². The summed E-state index contributed by atoms with van der Waals surface area (Å²) >= 11 is 0. The first kappa shape index (κ1) is 16.3. The first-order valence-corrected chi connectivity index (χ1v) is 8.19. The molecule has 2 aromatic rings. The van der Waals surface area contributed by atoms with Gasteiger partial charge in [0, 0.05) is 37.9 Å². The number of alkyl halides is 3. The Morgan fingerprint density at radius 1 is 1.04 bits per heavy atom. The van der Waals surface area contributed by atoms with E-state index in [9.17, 15) is 17.6 Å². The van der Waals surface area contributed by atoms with Crippen molar-refractivity contribution in [3.63, 3.8) is 0 Å². The quantitative estimate of drug-likeness (QED) is 0.786. The summed E-state index contributed by atoms with van der Waals surface area (Å²) in [6, 6.07) is 8.77. The highest BCUT2D eigenvalue weighted by molar-refractivity contribution is 5.44. The second-order valence-electron chi connectivity index (χ2n) is 6.63. The van der Waals surface area contributed by atoms with Crippen molar-refractivity contribution in [2.45, 2.75) is 31.2 Å². The maximum absolute atomic E-state index is 13.9. The molecule has 0 N–H and O–H groups in total. The van der Waals surface area contributed by atoms with Gasteiger partial charge in [-0.2, -0.15) is 13.2 Å². The molecule has 2 fully saturated rings. The SMILES string of the molecule is Fc1cccnc1N1CC2CC1CN2Cc1ccc(C(F)(F)F)cc1. The predicted octanol–water partition coefficient (Wildman–Crippen LogP) is 3.70. The van der Waals surface area contributed by atoms with Crippen molar-refractivity contribution in [1.82, 2.24) is 9.88 Å². The third kappa shape index (κ3) is 3.08. The van der Waals surface area contributed by atoms with Crippen LogP contribution in [-0.4, -0.2) is 35.1 Å². The van der Waals surface area contributed by atoms with Gasteiger partial charge >= 0.3 is 6.18 Å². The summed E-state index contributed by atoms with van der Waals surface area (Å²) < 4.78 is 51.8. The molecule has 2 aliphatic rings. The molecule has 0 saturated carbocycles. The molecular formula is C18H17F4N3. The zero-order valence-corrected chi connectivity index (χ0v) is 13.4. The van der Waals surface area contributed by atoms with Gasteiger partial charge in [0.05, 0.1) is 5.56 Å². The summed E-state index contributed by atoms with van der Waals surface area (Å²) in [6.45, 7) is 2.07. The Morgan fingerprint density at radius 2 is 1.80 bits per heavy atom. The van der Waals surface area contributed by atoms with Crippen LogP contribution in [0.1, 0.15) is 17.5 Å². The number of aromatic nitrogens is 1. The Kier molecular flexibility index (Phi) is 3.91. The fourth-order valence-electron chi connectivity index (χ4n) is 3.82. The molecule has 2 bridgehead atoms. The molecule has 0 spiro atoms. The van der Waals surface area contributed by atoms with Crippen LogP contribution >= 0.6 is 0 Å². The van der Waals surface area contributed by atoms with Gasteiger partial charge in [-0.3, -0.25) is 4.90 Å². The van der Waals surface area contributed by atoms with Crippen molar-refractivity contribution in [3.8, 4) is 0 Å². The molecule has 2 unspecified atom stereocenters. The fraction of sp³-hybridized carbons (Fsp3) is 0.389. The van der Waals surface area contributed by atoms with Crippen molar-refractivity contribution in [2.24, 2.45) is 0 Å². The second-order valence-corrected chi connectivity index (χ2v) is 6.63. The average molecular weight is 351 g/mol. The number of hydrogen-bond donors (Lipinski definition) is 0. The molecule has 2 atom stereocenters. The Bertz CT molecular complexity index is 760. The van der Waals surface area contributed by atoms with Gasteiger partial charge in [-0.1, -0.05) is 12.1 Å². The number of likely N-dealkylation sites (tertiary alicyclic amines) is 1. The largest absolute Gasteiger partial charge is 0.416 e. The van der Waals surface area contributed by atoms with E-state index in [0.29, 0.717) is 18.9 Å². The third-order valence-electron chi connectivity index (χ3n) is 5.03. The topological polar surface area (TPSA) is 19.4 Å². The van der Waals surface area contributed by atoms with Crippen LogP contribution < -0.4 is 4.90 Å². The van der Waals surface area contributed by atoms with E-state index in [-0.39, 0.29) is 17.9 Å². The molecule has 7 heteroatoms. The van der Waals surface area contributed by atoms with E-state index in [0.717, 1.165) is 30.7 Å². The summed E-state index contributed by atoms with van der Waals surface area (Å²) in [7, 11) is 0. The summed E-state index contributed by atoms with van der Waals surface area (Å²) in [4.78, 5) is 8.40. The zero-order chi connectivity index (χ0) is 17.6. The smallest absolute Gasteiger partial charge is 0.348 e. The monoisotopic (exact) mass is 351 g/mol. The number of piperazine rings is 1. The highest BCUT2D eigenvalue weighted by Gasteiger charge is 2.44. The van der Waals surface area contributed by atoms with E-state index in [2.05, 4.69) is 9.88 Å². The first-order valence-electron chi connectivity index (χ1n) is 8.19. The van der Waals surface area contributed by atoms with Gasteiger partial charge < -0.3 is 4.90 Å². The Labute approximate surface area is 142 Å². The van der Waals surface area contributed by atoms with Gasteiger partial charge in [0.25, 0.3) is 0 Å². The molecule has 2 saturated heterocycles. The molecule has 0 radical (unpaired) electrons. The molecule has 2 aliphatic heterocycles. The minimum absolute atomic E-state index is 0.198.